The summed E-state index contributed by atoms with van der Waals surface area (Å²) in [6, 6.07) is 11.8. The van der Waals surface area contributed by atoms with Crippen molar-refractivity contribution < 1.29 is 9.59 Å². The summed E-state index contributed by atoms with van der Waals surface area (Å²) in [7, 11) is 0. The number of nitrogens with two attached hydrogens (primary N) is 1. The van der Waals surface area contributed by atoms with Crippen LogP contribution in [0.5, 0.6) is 0 Å². The van der Waals surface area contributed by atoms with Gasteiger partial charge < -0.3 is 11.1 Å². The molecule has 5 heteroatoms. The molecule has 0 spiro atoms. The SMILES string of the molecule is NC(=O)c1ccc(NC(=O)c2ccccc2)nc1. The van der Waals surface area contributed by atoms with E-state index in [0.29, 0.717) is 16.9 Å². The van der Waals surface area contributed by atoms with Crippen molar-refractivity contribution in [1.82, 2.24) is 4.98 Å². The van der Waals surface area contributed by atoms with Crippen LogP contribution in [-0.4, -0.2) is 16.8 Å². The van der Waals surface area contributed by atoms with Crippen molar-refractivity contribution in [3.63, 3.8) is 0 Å². The highest BCUT2D eigenvalue weighted by molar-refractivity contribution is 6.03. The molecule has 0 bridgehead atoms. The van der Waals surface area contributed by atoms with E-state index in [9.17, 15) is 9.59 Å². The topological polar surface area (TPSA) is 85.1 Å². The van der Waals surface area contributed by atoms with Gasteiger partial charge in [0, 0.05) is 11.8 Å². The van der Waals surface area contributed by atoms with E-state index in [0.717, 1.165) is 0 Å². The number of primary amides is 1. The lowest BCUT2D eigenvalue weighted by molar-refractivity contribution is 0.0998. The first-order valence-electron chi connectivity index (χ1n) is 5.29. The van der Waals surface area contributed by atoms with Crippen LogP contribution in [0.25, 0.3) is 0 Å². The number of carbonyl (C=O) groups is 2. The van der Waals surface area contributed by atoms with Gasteiger partial charge in [0.25, 0.3) is 5.91 Å². The molecule has 0 aliphatic rings. The Bertz CT molecular complexity index is 565. The monoisotopic (exact) mass is 241 g/mol. The number of rotatable bonds is 3. The van der Waals surface area contributed by atoms with Gasteiger partial charge in [-0.2, -0.15) is 0 Å². The molecule has 0 aliphatic heterocycles. The van der Waals surface area contributed by atoms with Crippen LogP contribution < -0.4 is 11.1 Å². The van der Waals surface area contributed by atoms with Crippen molar-refractivity contribution in [2.75, 3.05) is 5.32 Å². The van der Waals surface area contributed by atoms with Crippen LogP contribution in [0.4, 0.5) is 5.82 Å². The van der Waals surface area contributed by atoms with E-state index in [1.807, 2.05) is 6.07 Å². The fraction of sp³-hybridized carbons (Fsp3) is 0. The Morgan fingerprint density at radius 3 is 2.28 bits per heavy atom. The van der Waals surface area contributed by atoms with Gasteiger partial charge in [-0.25, -0.2) is 4.98 Å². The lowest BCUT2D eigenvalue weighted by Crippen LogP contribution is -2.14. The Balaban J connectivity index is 2.10. The Labute approximate surface area is 104 Å². The summed E-state index contributed by atoms with van der Waals surface area (Å²) >= 11 is 0. The third-order valence-electron chi connectivity index (χ3n) is 2.33. The molecule has 0 saturated heterocycles. The Morgan fingerprint density at radius 2 is 1.72 bits per heavy atom. The molecule has 0 radical (unpaired) electrons. The number of nitrogens with zero attached hydrogens (tertiary/aromatic N) is 1. The van der Waals surface area contributed by atoms with Crippen molar-refractivity contribution in [1.29, 1.82) is 0 Å². The summed E-state index contributed by atoms with van der Waals surface area (Å²) in [6.45, 7) is 0. The minimum absolute atomic E-state index is 0.255. The number of aromatic nitrogens is 1. The summed E-state index contributed by atoms with van der Waals surface area (Å²) in [5.41, 5.74) is 5.93. The molecule has 2 aromatic rings. The molecule has 90 valence electrons. The van der Waals surface area contributed by atoms with Crippen LogP contribution >= 0.6 is 0 Å². The fourth-order valence-corrected chi connectivity index (χ4v) is 1.39. The second-order valence-electron chi connectivity index (χ2n) is 3.62. The highest BCUT2D eigenvalue weighted by Gasteiger charge is 2.06. The normalized spacial score (nSPS) is 9.78. The first kappa shape index (κ1) is 11.8. The summed E-state index contributed by atoms with van der Waals surface area (Å²) in [5.74, 6) is -0.438. The van der Waals surface area contributed by atoms with Crippen LogP contribution in [0, 0.1) is 0 Å². The molecule has 0 fully saturated rings. The largest absolute Gasteiger partial charge is 0.366 e. The quantitative estimate of drug-likeness (QED) is 0.852. The first-order valence-corrected chi connectivity index (χ1v) is 5.29. The van der Waals surface area contributed by atoms with E-state index in [1.54, 1.807) is 24.3 Å². The number of benzene rings is 1. The molecule has 3 N–H and O–H groups in total. The van der Waals surface area contributed by atoms with E-state index in [4.69, 9.17) is 5.73 Å². The molecule has 0 saturated carbocycles. The van der Waals surface area contributed by atoms with Crippen LogP contribution in [-0.2, 0) is 0 Å². The van der Waals surface area contributed by atoms with Gasteiger partial charge in [-0.1, -0.05) is 18.2 Å². The summed E-state index contributed by atoms with van der Waals surface area (Å²) < 4.78 is 0. The number of nitrogens with one attached hydrogen (secondary N) is 1. The zero-order chi connectivity index (χ0) is 13.0. The van der Waals surface area contributed by atoms with Crippen molar-refractivity contribution >= 4 is 17.6 Å². The predicted molar refractivity (Wildman–Crippen MR) is 67.2 cm³/mol. The molecule has 1 aromatic heterocycles. The highest BCUT2D eigenvalue weighted by Crippen LogP contribution is 2.07. The van der Waals surface area contributed by atoms with E-state index >= 15 is 0 Å². The number of anilines is 1. The predicted octanol–water partition coefficient (Wildman–Crippen LogP) is 1.43. The Kier molecular flexibility index (Phi) is 3.33. The van der Waals surface area contributed by atoms with E-state index in [-0.39, 0.29) is 5.91 Å². The number of hydrogen-bond acceptors (Lipinski definition) is 3. The van der Waals surface area contributed by atoms with Crippen molar-refractivity contribution in [2.24, 2.45) is 5.73 Å². The van der Waals surface area contributed by atoms with Crippen molar-refractivity contribution in [3.8, 4) is 0 Å². The van der Waals surface area contributed by atoms with Crippen LogP contribution in [0.1, 0.15) is 20.7 Å². The number of amides is 2. The Morgan fingerprint density at radius 1 is 1.00 bits per heavy atom. The summed E-state index contributed by atoms with van der Waals surface area (Å²) in [5, 5.41) is 2.62. The molecule has 1 aromatic carbocycles. The minimum atomic E-state index is -0.552. The third kappa shape index (κ3) is 2.70. The molecule has 5 nitrogen and oxygen atoms in total. The van der Waals surface area contributed by atoms with E-state index in [2.05, 4.69) is 10.3 Å². The maximum absolute atomic E-state index is 11.8. The number of pyridine rings is 1. The van der Waals surface area contributed by atoms with Crippen LogP contribution in [0.2, 0.25) is 0 Å². The molecule has 2 rings (SSSR count). The molecule has 0 unspecified atom stereocenters. The van der Waals surface area contributed by atoms with Gasteiger partial charge in [0.15, 0.2) is 0 Å². The average Bonchev–Trinajstić information content (AvgIpc) is 2.40. The van der Waals surface area contributed by atoms with Gasteiger partial charge in [0.1, 0.15) is 5.82 Å². The molecule has 0 atom stereocenters. The second kappa shape index (κ2) is 5.09. The molecular formula is C13H11N3O2. The second-order valence-corrected chi connectivity index (χ2v) is 3.62. The lowest BCUT2D eigenvalue weighted by atomic mass is 10.2. The van der Waals surface area contributed by atoms with E-state index in [1.165, 1.54) is 18.3 Å². The zero-order valence-corrected chi connectivity index (χ0v) is 9.46. The lowest BCUT2D eigenvalue weighted by Gasteiger charge is -2.04. The van der Waals surface area contributed by atoms with E-state index < -0.39 is 5.91 Å². The van der Waals surface area contributed by atoms with Gasteiger partial charge in [-0.15, -0.1) is 0 Å². The summed E-state index contributed by atoms with van der Waals surface area (Å²) in [4.78, 5) is 26.6. The van der Waals surface area contributed by atoms with Gasteiger partial charge in [-0.05, 0) is 24.3 Å². The van der Waals surface area contributed by atoms with Crippen molar-refractivity contribution in [2.45, 2.75) is 0 Å². The maximum Gasteiger partial charge on any atom is 0.256 e. The Hall–Kier alpha value is -2.69. The van der Waals surface area contributed by atoms with Gasteiger partial charge in [-0.3, -0.25) is 9.59 Å². The molecule has 2 amide bonds. The zero-order valence-electron chi connectivity index (χ0n) is 9.46. The van der Waals surface area contributed by atoms with Gasteiger partial charge in [0.2, 0.25) is 5.91 Å². The third-order valence-corrected chi connectivity index (χ3v) is 2.33. The minimum Gasteiger partial charge on any atom is -0.366 e. The van der Waals surface area contributed by atoms with Gasteiger partial charge >= 0.3 is 0 Å². The average molecular weight is 241 g/mol. The number of carbonyl (C=O) groups excluding carboxylic acids is 2. The van der Waals surface area contributed by atoms with Gasteiger partial charge in [0.05, 0.1) is 5.56 Å². The van der Waals surface area contributed by atoms with Crippen molar-refractivity contribution in [3.05, 3.63) is 59.8 Å². The maximum atomic E-state index is 11.8. The number of hydrogen-bond donors (Lipinski definition) is 2. The highest BCUT2D eigenvalue weighted by atomic mass is 16.2. The molecular weight excluding hydrogens is 230 g/mol. The van der Waals surface area contributed by atoms with Crippen LogP contribution in [0.15, 0.2) is 48.7 Å². The smallest absolute Gasteiger partial charge is 0.256 e. The van der Waals surface area contributed by atoms with Crippen LogP contribution in [0.3, 0.4) is 0 Å². The summed E-state index contributed by atoms with van der Waals surface area (Å²) in [6.07, 6.45) is 1.32. The molecule has 1 heterocycles. The molecule has 0 aliphatic carbocycles. The standard InChI is InChI=1S/C13H11N3O2/c14-12(17)10-6-7-11(15-8-10)16-13(18)9-4-2-1-3-5-9/h1-8H,(H2,14,17)(H,15,16,18). The molecule has 18 heavy (non-hydrogen) atoms. The fourth-order valence-electron chi connectivity index (χ4n) is 1.39. The first-order chi connectivity index (χ1) is 8.66.